The van der Waals surface area contributed by atoms with Gasteiger partial charge in [-0.25, -0.2) is 0 Å². The molecule has 3 aromatic rings. The van der Waals surface area contributed by atoms with Crippen molar-refractivity contribution >= 4 is 16.9 Å². The second kappa shape index (κ2) is 6.12. The van der Waals surface area contributed by atoms with E-state index in [2.05, 4.69) is 0 Å². The zero-order chi connectivity index (χ0) is 19.3. The molecule has 1 atom stereocenters. The average Bonchev–Trinajstić information content (AvgIpc) is 2.65. The van der Waals surface area contributed by atoms with Crippen molar-refractivity contribution in [1.29, 1.82) is 0 Å². The number of nitrogens with zero attached hydrogens (tertiary/aromatic N) is 1. The number of fused-ring (bicyclic) bond motifs is 2. The number of carbonyl (C=O) groups is 1. The molecule has 0 fully saturated rings. The van der Waals surface area contributed by atoms with Gasteiger partial charge >= 0.3 is 5.97 Å². The van der Waals surface area contributed by atoms with Gasteiger partial charge in [-0.2, -0.15) is 0 Å². The third kappa shape index (κ3) is 2.63. The molecule has 0 spiro atoms. The Bertz CT molecular complexity index is 1200. The average molecular weight is 367 g/mol. The normalized spacial score (nSPS) is 16.1. The van der Waals surface area contributed by atoms with E-state index in [1.165, 1.54) is 17.9 Å². The van der Waals surface area contributed by atoms with Crippen molar-refractivity contribution in [3.8, 4) is 11.5 Å². The first-order chi connectivity index (χ1) is 12.9. The van der Waals surface area contributed by atoms with Crippen molar-refractivity contribution in [3.05, 3.63) is 67.9 Å². The molecule has 7 heteroatoms. The minimum Gasteiger partial charge on any atom is -0.497 e. The van der Waals surface area contributed by atoms with E-state index in [4.69, 9.17) is 13.9 Å². The zero-order valence-electron chi connectivity index (χ0n) is 15.1. The van der Waals surface area contributed by atoms with E-state index >= 15 is 0 Å². The third-order valence-electron chi connectivity index (χ3n) is 4.99. The third-order valence-corrected chi connectivity index (χ3v) is 4.99. The van der Waals surface area contributed by atoms with E-state index in [1.54, 1.807) is 38.2 Å². The van der Waals surface area contributed by atoms with E-state index in [1.807, 2.05) is 0 Å². The highest BCUT2D eigenvalue weighted by molar-refractivity contribution is 5.81. The first-order valence-electron chi connectivity index (χ1n) is 8.41. The lowest BCUT2D eigenvalue weighted by Crippen LogP contribution is -2.33. The predicted molar refractivity (Wildman–Crippen MR) is 97.6 cm³/mol. The van der Waals surface area contributed by atoms with Gasteiger partial charge in [-0.3, -0.25) is 14.4 Å². The molecule has 3 heterocycles. The predicted octanol–water partition coefficient (Wildman–Crippen LogP) is 2.25. The van der Waals surface area contributed by atoms with Gasteiger partial charge in [0.25, 0.3) is 5.56 Å². The monoisotopic (exact) mass is 367 g/mol. The Morgan fingerprint density at radius 1 is 1.19 bits per heavy atom. The molecule has 0 unspecified atom stereocenters. The molecule has 2 aromatic heterocycles. The molecule has 0 bridgehead atoms. The summed E-state index contributed by atoms with van der Waals surface area (Å²) in [7, 11) is 3.14. The zero-order valence-corrected chi connectivity index (χ0v) is 15.1. The molecule has 0 saturated carbocycles. The summed E-state index contributed by atoms with van der Waals surface area (Å²) in [6, 6.07) is 6.55. The molecule has 138 valence electrons. The van der Waals surface area contributed by atoms with Crippen LogP contribution in [0.15, 0.2) is 44.5 Å². The minimum absolute atomic E-state index is 0.106. The standard InChI is InChI=1S/C20H17NO6/c1-10-6-16-18(20(24)21(10)2)12(8-17(22)27-16)14-9-26-15-5-4-11(25-3)7-13(15)19(14)23/h4-7,9,12H,8H2,1-3H3/t12-/m1/s1. The maximum absolute atomic E-state index is 13.1. The van der Waals surface area contributed by atoms with Crippen LogP contribution in [0.25, 0.3) is 11.0 Å². The number of hydrogen-bond acceptors (Lipinski definition) is 6. The van der Waals surface area contributed by atoms with E-state index in [0.29, 0.717) is 22.4 Å². The highest BCUT2D eigenvalue weighted by Gasteiger charge is 2.34. The Morgan fingerprint density at radius 2 is 1.96 bits per heavy atom. The van der Waals surface area contributed by atoms with Gasteiger partial charge in [0.05, 0.1) is 30.7 Å². The van der Waals surface area contributed by atoms with Crippen molar-refractivity contribution < 1.29 is 18.7 Å². The summed E-state index contributed by atoms with van der Waals surface area (Å²) in [4.78, 5) is 38.0. The fourth-order valence-corrected chi connectivity index (χ4v) is 3.41. The van der Waals surface area contributed by atoms with Crippen molar-refractivity contribution in [2.45, 2.75) is 19.3 Å². The Hall–Kier alpha value is -3.35. The first-order valence-corrected chi connectivity index (χ1v) is 8.41. The fourth-order valence-electron chi connectivity index (χ4n) is 3.41. The number of carbonyl (C=O) groups excluding carboxylic acids is 1. The van der Waals surface area contributed by atoms with Gasteiger partial charge in [0, 0.05) is 30.3 Å². The van der Waals surface area contributed by atoms with Crippen LogP contribution in [0.4, 0.5) is 0 Å². The van der Waals surface area contributed by atoms with Crippen LogP contribution in [0.3, 0.4) is 0 Å². The van der Waals surface area contributed by atoms with Gasteiger partial charge < -0.3 is 18.5 Å². The number of pyridine rings is 1. The van der Waals surface area contributed by atoms with Crippen LogP contribution in [0, 0.1) is 6.92 Å². The van der Waals surface area contributed by atoms with Gasteiger partial charge in [0.1, 0.15) is 17.1 Å². The molecule has 0 aliphatic carbocycles. The summed E-state index contributed by atoms with van der Waals surface area (Å²) in [5, 5.41) is 0.330. The SMILES string of the molecule is COc1ccc2occ([C@H]3CC(=O)Oc4cc(C)n(C)c(=O)c43)c(=O)c2c1. The van der Waals surface area contributed by atoms with Crippen molar-refractivity contribution in [1.82, 2.24) is 4.57 Å². The summed E-state index contributed by atoms with van der Waals surface area (Å²) >= 11 is 0. The Kier molecular flexibility index (Phi) is 3.87. The van der Waals surface area contributed by atoms with Gasteiger partial charge in [-0.15, -0.1) is 0 Å². The maximum Gasteiger partial charge on any atom is 0.312 e. The fraction of sp³-hybridized carbons (Fsp3) is 0.250. The Balaban J connectivity index is 1.99. The first kappa shape index (κ1) is 17.1. The quantitative estimate of drug-likeness (QED) is 0.646. The number of esters is 1. The smallest absolute Gasteiger partial charge is 0.312 e. The largest absolute Gasteiger partial charge is 0.497 e. The van der Waals surface area contributed by atoms with E-state index in [9.17, 15) is 14.4 Å². The van der Waals surface area contributed by atoms with Gasteiger partial charge in [0.15, 0.2) is 5.43 Å². The molecule has 7 nitrogen and oxygen atoms in total. The molecule has 4 rings (SSSR count). The van der Waals surface area contributed by atoms with Crippen LogP contribution in [0.1, 0.15) is 29.2 Å². The van der Waals surface area contributed by atoms with E-state index in [-0.39, 0.29) is 34.3 Å². The van der Waals surface area contributed by atoms with E-state index in [0.717, 1.165) is 0 Å². The van der Waals surface area contributed by atoms with Crippen LogP contribution in [0.2, 0.25) is 0 Å². The molecule has 0 saturated heterocycles. The maximum atomic E-state index is 13.1. The highest BCUT2D eigenvalue weighted by atomic mass is 16.5. The lowest BCUT2D eigenvalue weighted by molar-refractivity contribution is -0.135. The number of ether oxygens (including phenoxy) is 2. The summed E-state index contributed by atoms with van der Waals surface area (Å²) < 4.78 is 17.5. The van der Waals surface area contributed by atoms with Gasteiger partial charge in [0.2, 0.25) is 0 Å². The highest BCUT2D eigenvalue weighted by Crippen LogP contribution is 2.36. The number of aromatic nitrogens is 1. The molecule has 1 aromatic carbocycles. The van der Waals surface area contributed by atoms with Crippen LogP contribution in [-0.2, 0) is 11.8 Å². The van der Waals surface area contributed by atoms with Crippen LogP contribution >= 0.6 is 0 Å². The number of hydrogen-bond donors (Lipinski definition) is 0. The topological polar surface area (TPSA) is 87.7 Å². The second-order valence-electron chi connectivity index (χ2n) is 6.54. The van der Waals surface area contributed by atoms with Gasteiger partial charge in [-0.1, -0.05) is 0 Å². The second-order valence-corrected chi connectivity index (χ2v) is 6.54. The Labute approximate surface area is 153 Å². The number of aryl methyl sites for hydroxylation is 1. The lowest BCUT2D eigenvalue weighted by atomic mass is 9.87. The van der Waals surface area contributed by atoms with Crippen molar-refractivity contribution in [3.63, 3.8) is 0 Å². The van der Waals surface area contributed by atoms with Crippen LogP contribution in [-0.4, -0.2) is 17.6 Å². The van der Waals surface area contributed by atoms with E-state index < -0.39 is 11.9 Å². The summed E-state index contributed by atoms with van der Waals surface area (Å²) in [5.74, 6) is -0.512. The van der Waals surface area contributed by atoms with Gasteiger partial charge in [-0.05, 0) is 25.1 Å². The summed E-state index contributed by atoms with van der Waals surface area (Å²) in [5.41, 5.74) is 0.991. The molecular weight excluding hydrogens is 350 g/mol. The summed E-state index contributed by atoms with van der Waals surface area (Å²) in [6.07, 6.45) is 1.22. The Morgan fingerprint density at radius 3 is 2.70 bits per heavy atom. The molecule has 0 amide bonds. The number of rotatable bonds is 2. The lowest BCUT2D eigenvalue weighted by Gasteiger charge is -2.24. The molecular formula is C20H17NO6. The summed E-state index contributed by atoms with van der Waals surface area (Å²) in [6.45, 7) is 1.75. The van der Waals surface area contributed by atoms with Crippen LogP contribution in [0.5, 0.6) is 11.5 Å². The molecule has 0 N–H and O–H groups in total. The molecule has 0 radical (unpaired) electrons. The van der Waals surface area contributed by atoms with Crippen molar-refractivity contribution in [2.24, 2.45) is 7.05 Å². The number of benzene rings is 1. The van der Waals surface area contributed by atoms with Crippen LogP contribution < -0.4 is 20.5 Å². The van der Waals surface area contributed by atoms with Crippen molar-refractivity contribution in [2.75, 3.05) is 7.11 Å². The molecule has 1 aliphatic rings. The molecule has 1 aliphatic heterocycles. The minimum atomic E-state index is -0.729. The number of methoxy groups -OCH3 is 1. The molecule has 27 heavy (non-hydrogen) atoms.